The summed E-state index contributed by atoms with van der Waals surface area (Å²) in [6.07, 6.45) is 5.49. The van der Waals surface area contributed by atoms with Crippen molar-refractivity contribution in [2.45, 2.75) is 12.3 Å². The molecular formula is C15H12O2. The van der Waals surface area contributed by atoms with Crippen LogP contribution < -0.4 is 0 Å². The molecule has 17 heavy (non-hydrogen) atoms. The van der Waals surface area contributed by atoms with Gasteiger partial charge < -0.3 is 0 Å². The molecule has 2 unspecified atom stereocenters. The number of carbonyl (C=O) groups excluding carboxylic acids is 2. The van der Waals surface area contributed by atoms with Gasteiger partial charge in [0.1, 0.15) is 0 Å². The van der Waals surface area contributed by atoms with Crippen molar-refractivity contribution in [2.24, 2.45) is 5.92 Å². The first kappa shape index (κ1) is 10.2. The predicted molar refractivity (Wildman–Crippen MR) is 64.5 cm³/mol. The van der Waals surface area contributed by atoms with Gasteiger partial charge in [0, 0.05) is 17.9 Å². The average molecular weight is 224 g/mol. The number of hydrogen-bond donors (Lipinski definition) is 0. The van der Waals surface area contributed by atoms with Crippen LogP contribution in [0, 0.1) is 5.92 Å². The molecule has 1 aromatic carbocycles. The van der Waals surface area contributed by atoms with Gasteiger partial charge in [-0.3, -0.25) is 9.59 Å². The van der Waals surface area contributed by atoms with Crippen molar-refractivity contribution in [1.29, 1.82) is 0 Å². The summed E-state index contributed by atoms with van der Waals surface area (Å²) in [5, 5.41) is 0. The van der Waals surface area contributed by atoms with Gasteiger partial charge in [-0.25, -0.2) is 0 Å². The van der Waals surface area contributed by atoms with Gasteiger partial charge in [0.25, 0.3) is 0 Å². The van der Waals surface area contributed by atoms with Crippen LogP contribution in [0.3, 0.4) is 0 Å². The van der Waals surface area contributed by atoms with Crippen LogP contribution in [0.5, 0.6) is 0 Å². The Bertz CT molecular complexity index is 535. The Labute approximate surface area is 99.6 Å². The van der Waals surface area contributed by atoms with E-state index in [2.05, 4.69) is 0 Å². The fraction of sp³-hybridized carbons (Fsp3) is 0.200. The van der Waals surface area contributed by atoms with Gasteiger partial charge >= 0.3 is 0 Å². The van der Waals surface area contributed by atoms with Crippen molar-refractivity contribution in [3.63, 3.8) is 0 Å². The Kier molecular flexibility index (Phi) is 2.29. The standard InChI is InChI=1S/C15H12O2/c16-13-8-4-7-11-14(17)9-12(15(11)13)10-5-2-1-3-6-10/h1-8,12,15H,9H2. The van der Waals surface area contributed by atoms with Gasteiger partial charge in [-0.05, 0) is 11.6 Å². The maximum atomic E-state index is 11.9. The highest BCUT2D eigenvalue weighted by atomic mass is 16.1. The number of allylic oxidation sites excluding steroid dienone is 4. The predicted octanol–water partition coefficient (Wildman–Crippen LogP) is 2.42. The lowest BCUT2D eigenvalue weighted by Gasteiger charge is -2.19. The molecule has 1 aromatic rings. The van der Waals surface area contributed by atoms with E-state index in [0.29, 0.717) is 12.0 Å². The molecule has 0 spiro atoms. The fourth-order valence-electron chi connectivity index (χ4n) is 2.73. The van der Waals surface area contributed by atoms with E-state index in [1.54, 1.807) is 18.2 Å². The van der Waals surface area contributed by atoms with Gasteiger partial charge in [0.2, 0.25) is 0 Å². The highest BCUT2D eigenvalue weighted by Crippen LogP contribution is 2.43. The Morgan fingerprint density at radius 3 is 2.59 bits per heavy atom. The molecule has 0 bridgehead atoms. The van der Waals surface area contributed by atoms with Crippen LogP contribution in [-0.2, 0) is 9.59 Å². The number of carbonyl (C=O) groups is 2. The van der Waals surface area contributed by atoms with Crippen LogP contribution in [0.2, 0.25) is 0 Å². The summed E-state index contributed by atoms with van der Waals surface area (Å²) in [6.45, 7) is 0. The molecule has 3 rings (SSSR count). The lowest BCUT2D eigenvalue weighted by molar-refractivity contribution is -0.118. The monoisotopic (exact) mass is 224 g/mol. The third-order valence-electron chi connectivity index (χ3n) is 3.54. The molecule has 0 heterocycles. The minimum atomic E-state index is -0.255. The second kappa shape index (κ2) is 3.81. The van der Waals surface area contributed by atoms with E-state index in [0.717, 1.165) is 5.56 Å². The zero-order valence-electron chi connectivity index (χ0n) is 9.30. The number of rotatable bonds is 1. The number of benzene rings is 1. The molecule has 1 fully saturated rings. The first-order valence-corrected chi connectivity index (χ1v) is 5.77. The molecule has 0 amide bonds. The minimum Gasteiger partial charge on any atom is -0.295 e. The quantitative estimate of drug-likeness (QED) is 0.734. The molecule has 0 saturated heterocycles. The van der Waals surface area contributed by atoms with E-state index in [1.807, 2.05) is 30.3 Å². The zero-order valence-corrected chi connectivity index (χ0v) is 9.30. The molecule has 0 aliphatic heterocycles. The number of hydrogen-bond acceptors (Lipinski definition) is 2. The second-order valence-corrected chi connectivity index (χ2v) is 4.51. The Morgan fingerprint density at radius 2 is 1.82 bits per heavy atom. The van der Waals surface area contributed by atoms with Crippen molar-refractivity contribution >= 4 is 11.6 Å². The number of fused-ring (bicyclic) bond motifs is 1. The van der Waals surface area contributed by atoms with E-state index in [9.17, 15) is 9.59 Å². The van der Waals surface area contributed by atoms with Crippen LogP contribution in [0.15, 0.2) is 54.1 Å². The maximum Gasteiger partial charge on any atom is 0.163 e. The summed E-state index contributed by atoms with van der Waals surface area (Å²) >= 11 is 0. The average Bonchev–Trinajstić information content (AvgIpc) is 2.70. The van der Waals surface area contributed by atoms with Crippen LogP contribution in [0.25, 0.3) is 0 Å². The largest absolute Gasteiger partial charge is 0.295 e. The molecule has 0 radical (unpaired) electrons. The van der Waals surface area contributed by atoms with Crippen molar-refractivity contribution < 1.29 is 9.59 Å². The highest BCUT2D eigenvalue weighted by molar-refractivity contribution is 6.10. The molecule has 84 valence electrons. The molecule has 2 heteroatoms. The lowest BCUT2D eigenvalue weighted by Crippen LogP contribution is -2.19. The highest BCUT2D eigenvalue weighted by Gasteiger charge is 2.42. The zero-order chi connectivity index (χ0) is 11.8. The van der Waals surface area contributed by atoms with Crippen molar-refractivity contribution in [3.8, 4) is 0 Å². The van der Waals surface area contributed by atoms with E-state index in [-0.39, 0.29) is 23.4 Å². The van der Waals surface area contributed by atoms with E-state index >= 15 is 0 Å². The normalized spacial score (nSPS) is 26.9. The Hall–Kier alpha value is -1.96. The third kappa shape index (κ3) is 1.57. The number of Topliss-reactive ketones (excluding diaryl/α,β-unsaturated/α-hetero) is 1. The summed E-state index contributed by atoms with van der Waals surface area (Å²) in [5.41, 5.74) is 1.77. The topological polar surface area (TPSA) is 34.1 Å². The van der Waals surface area contributed by atoms with Crippen LogP contribution in [0.4, 0.5) is 0 Å². The second-order valence-electron chi connectivity index (χ2n) is 4.51. The van der Waals surface area contributed by atoms with E-state index < -0.39 is 0 Å². The van der Waals surface area contributed by atoms with Gasteiger partial charge in [-0.1, -0.05) is 42.5 Å². The molecule has 2 atom stereocenters. The maximum absolute atomic E-state index is 11.9. The molecule has 2 aliphatic rings. The summed E-state index contributed by atoms with van der Waals surface area (Å²) in [5.74, 6) is -0.0638. The molecule has 0 N–H and O–H groups in total. The fourth-order valence-corrected chi connectivity index (χ4v) is 2.73. The van der Waals surface area contributed by atoms with E-state index in [1.165, 1.54) is 0 Å². The third-order valence-corrected chi connectivity index (χ3v) is 3.54. The van der Waals surface area contributed by atoms with Crippen LogP contribution in [-0.4, -0.2) is 11.6 Å². The number of ketones is 2. The van der Waals surface area contributed by atoms with Gasteiger partial charge in [-0.2, -0.15) is 0 Å². The summed E-state index contributed by atoms with van der Waals surface area (Å²) < 4.78 is 0. The Morgan fingerprint density at radius 1 is 1.06 bits per heavy atom. The summed E-state index contributed by atoms with van der Waals surface area (Å²) in [4.78, 5) is 23.8. The van der Waals surface area contributed by atoms with Crippen molar-refractivity contribution in [1.82, 2.24) is 0 Å². The lowest BCUT2D eigenvalue weighted by atomic mass is 9.82. The molecule has 0 aromatic heterocycles. The van der Waals surface area contributed by atoms with E-state index in [4.69, 9.17) is 0 Å². The van der Waals surface area contributed by atoms with Gasteiger partial charge in [-0.15, -0.1) is 0 Å². The first-order chi connectivity index (χ1) is 8.27. The van der Waals surface area contributed by atoms with Gasteiger partial charge in [0.15, 0.2) is 11.6 Å². The molecule has 2 nitrogen and oxygen atoms in total. The van der Waals surface area contributed by atoms with Crippen LogP contribution >= 0.6 is 0 Å². The molecule has 1 saturated carbocycles. The Balaban J connectivity index is 2.04. The van der Waals surface area contributed by atoms with Crippen molar-refractivity contribution in [2.75, 3.05) is 0 Å². The van der Waals surface area contributed by atoms with Crippen molar-refractivity contribution in [3.05, 3.63) is 59.7 Å². The van der Waals surface area contributed by atoms with Crippen LogP contribution in [0.1, 0.15) is 17.9 Å². The molecular weight excluding hydrogens is 212 g/mol. The minimum absolute atomic E-state index is 0.0207. The first-order valence-electron chi connectivity index (χ1n) is 5.77. The molecule has 2 aliphatic carbocycles. The smallest absolute Gasteiger partial charge is 0.163 e. The van der Waals surface area contributed by atoms with Gasteiger partial charge in [0.05, 0.1) is 5.92 Å². The summed E-state index contributed by atoms with van der Waals surface area (Å²) in [6, 6.07) is 9.83. The summed E-state index contributed by atoms with van der Waals surface area (Å²) in [7, 11) is 0. The SMILES string of the molecule is O=C1CC(c2ccccc2)C2C(=O)C=CC=C12.